The van der Waals surface area contributed by atoms with Gasteiger partial charge >= 0.3 is 0 Å². The number of rotatable bonds is 8. The fourth-order valence-corrected chi connectivity index (χ4v) is 3.09. The van der Waals surface area contributed by atoms with Crippen LogP contribution in [-0.4, -0.2) is 35.7 Å². The molecule has 152 valence electrons. The van der Waals surface area contributed by atoms with E-state index in [4.69, 9.17) is 14.2 Å². The molecular formula is C20H20FN3O4S. The number of methoxy groups -OCH3 is 1. The van der Waals surface area contributed by atoms with Crippen molar-refractivity contribution in [3.63, 3.8) is 0 Å². The van der Waals surface area contributed by atoms with Crippen molar-refractivity contribution in [2.45, 2.75) is 20.0 Å². The lowest BCUT2D eigenvalue weighted by atomic mass is 10.2. The van der Waals surface area contributed by atoms with E-state index in [1.165, 1.54) is 47.7 Å². The number of carbonyl (C=O) groups excluding carboxylic acids is 1. The highest BCUT2D eigenvalue weighted by molar-refractivity contribution is 7.13. The summed E-state index contributed by atoms with van der Waals surface area (Å²) in [7, 11) is 1.57. The number of halogens is 1. The van der Waals surface area contributed by atoms with Gasteiger partial charge in [0.05, 0.1) is 17.9 Å². The van der Waals surface area contributed by atoms with Crippen LogP contribution in [0.3, 0.4) is 0 Å². The number of ether oxygens (including phenoxy) is 3. The van der Waals surface area contributed by atoms with Gasteiger partial charge in [-0.25, -0.2) is 9.37 Å². The number of amides is 1. The first-order chi connectivity index (χ1) is 13.9. The molecule has 2 heterocycles. The number of aryl methyl sites for hydroxylation is 1. The van der Waals surface area contributed by atoms with Gasteiger partial charge in [0.15, 0.2) is 5.13 Å². The summed E-state index contributed by atoms with van der Waals surface area (Å²) in [6.45, 7) is 4.01. The second-order valence-corrected chi connectivity index (χ2v) is 7.08. The van der Waals surface area contributed by atoms with Gasteiger partial charge in [0.1, 0.15) is 17.7 Å². The van der Waals surface area contributed by atoms with Gasteiger partial charge in [-0.15, -0.1) is 11.3 Å². The zero-order chi connectivity index (χ0) is 20.8. The summed E-state index contributed by atoms with van der Waals surface area (Å²) in [6, 6.07) is 8.47. The van der Waals surface area contributed by atoms with Crippen LogP contribution in [-0.2, 0) is 4.74 Å². The SMILES string of the molecule is COC[C@@H](C)Oc1cc(C(=O)Nc2nc(C)cs2)cc(Oc2ccc(F)cc2)n1. The summed E-state index contributed by atoms with van der Waals surface area (Å²) in [4.78, 5) is 21.2. The second-order valence-electron chi connectivity index (χ2n) is 6.22. The molecule has 0 saturated carbocycles. The molecule has 0 saturated heterocycles. The van der Waals surface area contributed by atoms with Crippen molar-refractivity contribution < 1.29 is 23.4 Å². The molecule has 0 fully saturated rings. The van der Waals surface area contributed by atoms with Crippen molar-refractivity contribution in [1.82, 2.24) is 9.97 Å². The highest BCUT2D eigenvalue weighted by Gasteiger charge is 2.15. The van der Waals surface area contributed by atoms with Crippen LogP contribution in [0.1, 0.15) is 23.0 Å². The molecule has 1 amide bonds. The van der Waals surface area contributed by atoms with Crippen LogP contribution in [0.25, 0.3) is 0 Å². The van der Waals surface area contributed by atoms with Gasteiger partial charge in [-0.3, -0.25) is 10.1 Å². The molecule has 1 atom stereocenters. The third-order valence-corrected chi connectivity index (χ3v) is 4.51. The first-order valence-electron chi connectivity index (χ1n) is 8.77. The molecule has 9 heteroatoms. The van der Waals surface area contributed by atoms with Crippen molar-refractivity contribution in [1.29, 1.82) is 0 Å². The molecule has 0 aliphatic rings. The summed E-state index contributed by atoms with van der Waals surface area (Å²) in [5.74, 6) is -0.0405. The molecule has 1 N–H and O–H groups in total. The van der Waals surface area contributed by atoms with Crippen LogP contribution in [0.2, 0.25) is 0 Å². The van der Waals surface area contributed by atoms with Crippen LogP contribution in [0, 0.1) is 12.7 Å². The zero-order valence-corrected chi connectivity index (χ0v) is 17.0. The number of hydrogen-bond donors (Lipinski definition) is 1. The smallest absolute Gasteiger partial charge is 0.257 e. The summed E-state index contributed by atoms with van der Waals surface area (Å²) in [6.07, 6.45) is -0.286. The maximum Gasteiger partial charge on any atom is 0.257 e. The highest BCUT2D eigenvalue weighted by Crippen LogP contribution is 2.25. The largest absolute Gasteiger partial charge is 0.472 e. The third kappa shape index (κ3) is 5.97. The number of pyridine rings is 1. The highest BCUT2D eigenvalue weighted by atomic mass is 32.1. The molecule has 7 nitrogen and oxygen atoms in total. The Labute approximate surface area is 171 Å². The Kier molecular flexibility index (Phi) is 6.73. The van der Waals surface area contributed by atoms with Gasteiger partial charge in [-0.05, 0) is 38.1 Å². The molecule has 0 radical (unpaired) electrons. The molecule has 0 aliphatic carbocycles. The molecule has 0 spiro atoms. The quantitative estimate of drug-likeness (QED) is 0.583. The Morgan fingerprint density at radius 3 is 2.59 bits per heavy atom. The predicted octanol–water partition coefficient (Wildman–Crippen LogP) is 4.44. The Morgan fingerprint density at radius 2 is 1.93 bits per heavy atom. The Bertz CT molecular complexity index is 978. The Hall–Kier alpha value is -3.04. The summed E-state index contributed by atoms with van der Waals surface area (Å²) in [5, 5.41) is 5.06. The lowest BCUT2D eigenvalue weighted by molar-refractivity contribution is 0.0882. The van der Waals surface area contributed by atoms with E-state index in [1.54, 1.807) is 7.11 Å². The molecule has 2 aromatic heterocycles. The van der Waals surface area contributed by atoms with Gasteiger partial charge in [-0.1, -0.05) is 0 Å². The van der Waals surface area contributed by atoms with Crippen LogP contribution >= 0.6 is 11.3 Å². The lowest BCUT2D eigenvalue weighted by Gasteiger charge is -2.15. The lowest BCUT2D eigenvalue weighted by Crippen LogP contribution is -2.19. The standard InChI is InChI=1S/C20H20FN3O4S/c1-12-11-29-20(22-12)24-19(25)14-8-17(27-13(2)10-26-3)23-18(9-14)28-16-6-4-15(21)5-7-16/h4-9,11,13H,10H2,1-3H3,(H,22,24,25)/t13-/m1/s1. The van der Waals surface area contributed by atoms with Gasteiger partial charge in [0, 0.05) is 24.6 Å². The fraction of sp³-hybridized carbons (Fsp3) is 0.250. The number of hydrogen-bond acceptors (Lipinski definition) is 7. The van der Waals surface area contributed by atoms with Crippen molar-refractivity contribution in [3.05, 3.63) is 58.9 Å². The number of thiazole rings is 1. The molecule has 0 bridgehead atoms. The zero-order valence-electron chi connectivity index (χ0n) is 16.1. The number of carbonyl (C=O) groups is 1. The van der Waals surface area contributed by atoms with E-state index in [0.29, 0.717) is 17.5 Å². The van der Waals surface area contributed by atoms with E-state index in [2.05, 4.69) is 15.3 Å². The van der Waals surface area contributed by atoms with E-state index < -0.39 is 0 Å². The Morgan fingerprint density at radius 1 is 1.21 bits per heavy atom. The molecule has 1 aromatic carbocycles. The van der Waals surface area contributed by atoms with Crippen molar-refractivity contribution in [3.8, 4) is 17.5 Å². The average molecular weight is 417 g/mol. The van der Waals surface area contributed by atoms with E-state index in [1.807, 2.05) is 19.2 Å². The van der Waals surface area contributed by atoms with Gasteiger partial charge in [0.2, 0.25) is 11.8 Å². The van der Waals surface area contributed by atoms with Crippen LogP contribution < -0.4 is 14.8 Å². The number of anilines is 1. The molecule has 3 rings (SSSR count). The topological polar surface area (TPSA) is 82.6 Å². The molecule has 3 aromatic rings. The van der Waals surface area contributed by atoms with Gasteiger partial charge < -0.3 is 14.2 Å². The first kappa shape index (κ1) is 20.7. The number of benzene rings is 1. The number of nitrogens with one attached hydrogen (secondary N) is 1. The van der Waals surface area contributed by atoms with Crippen LogP contribution in [0.15, 0.2) is 41.8 Å². The van der Waals surface area contributed by atoms with Gasteiger partial charge in [-0.2, -0.15) is 4.98 Å². The average Bonchev–Trinajstić information content (AvgIpc) is 3.08. The van der Waals surface area contributed by atoms with Crippen molar-refractivity contribution in [2.24, 2.45) is 0 Å². The van der Waals surface area contributed by atoms with Crippen molar-refractivity contribution >= 4 is 22.4 Å². The van der Waals surface area contributed by atoms with E-state index in [-0.39, 0.29) is 35.2 Å². The minimum atomic E-state index is -0.380. The predicted molar refractivity (Wildman–Crippen MR) is 107 cm³/mol. The molecule has 0 aliphatic heterocycles. The monoisotopic (exact) mass is 417 g/mol. The summed E-state index contributed by atoms with van der Waals surface area (Å²) in [5.41, 5.74) is 1.10. The fourth-order valence-electron chi connectivity index (χ4n) is 2.40. The summed E-state index contributed by atoms with van der Waals surface area (Å²) < 4.78 is 29.6. The van der Waals surface area contributed by atoms with Crippen molar-refractivity contribution in [2.75, 3.05) is 19.0 Å². The van der Waals surface area contributed by atoms with Crippen LogP contribution in [0.4, 0.5) is 9.52 Å². The minimum Gasteiger partial charge on any atom is -0.472 e. The third-order valence-electron chi connectivity index (χ3n) is 3.64. The molecule has 0 unspecified atom stereocenters. The molecular weight excluding hydrogens is 397 g/mol. The van der Waals surface area contributed by atoms with E-state index >= 15 is 0 Å². The second kappa shape index (κ2) is 9.44. The summed E-state index contributed by atoms with van der Waals surface area (Å²) >= 11 is 1.33. The normalized spacial score (nSPS) is 11.7. The number of aromatic nitrogens is 2. The molecule has 29 heavy (non-hydrogen) atoms. The maximum atomic E-state index is 13.1. The van der Waals surface area contributed by atoms with E-state index in [9.17, 15) is 9.18 Å². The number of nitrogens with zero attached hydrogens (tertiary/aromatic N) is 2. The maximum absolute atomic E-state index is 13.1. The first-order valence-corrected chi connectivity index (χ1v) is 9.65. The Balaban J connectivity index is 1.86. The van der Waals surface area contributed by atoms with E-state index in [0.717, 1.165) is 5.69 Å². The van der Waals surface area contributed by atoms with Crippen LogP contribution in [0.5, 0.6) is 17.5 Å². The minimum absolute atomic E-state index is 0.138. The van der Waals surface area contributed by atoms with Gasteiger partial charge in [0.25, 0.3) is 5.91 Å².